The lowest BCUT2D eigenvalue weighted by molar-refractivity contribution is -0.125. The van der Waals surface area contributed by atoms with E-state index >= 15 is 0 Å². The van der Waals surface area contributed by atoms with E-state index in [-0.39, 0.29) is 11.8 Å². The predicted octanol–water partition coefficient (Wildman–Crippen LogP) is 4.59. The van der Waals surface area contributed by atoms with Gasteiger partial charge < -0.3 is 4.74 Å². The Morgan fingerprint density at radius 1 is 1.00 bits per heavy atom. The van der Waals surface area contributed by atoms with E-state index in [9.17, 15) is 9.59 Å². The van der Waals surface area contributed by atoms with Crippen LogP contribution in [0.2, 0.25) is 5.02 Å². The molecule has 0 heterocycles. The number of amides is 1. The van der Waals surface area contributed by atoms with E-state index < -0.39 is 5.97 Å². The summed E-state index contributed by atoms with van der Waals surface area (Å²) in [7, 11) is 0. The Labute approximate surface area is 163 Å². The first-order valence-corrected chi connectivity index (χ1v) is 9.40. The summed E-state index contributed by atoms with van der Waals surface area (Å²) in [6, 6.07) is 13.4. The van der Waals surface area contributed by atoms with Crippen molar-refractivity contribution < 1.29 is 14.3 Å². The molecule has 0 spiro atoms. The molecule has 0 saturated heterocycles. The smallest absolute Gasteiger partial charge is 0.343 e. The van der Waals surface area contributed by atoms with Crippen LogP contribution in [0.15, 0.2) is 53.6 Å². The number of hydrogen-bond donors (Lipinski definition) is 1. The topological polar surface area (TPSA) is 67.8 Å². The molecule has 1 aliphatic carbocycles. The van der Waals surface area contributed by atoms with E-state index in [1.54, 1.807) is 54.7 Å². The number of nitrogens with one attached hydrogen (secondary N) is 1. The molecule has 0 unspecified atom stereocenters. The van der Waals surface area contributed by atoms with Crippen LogP contribution in [0, 0.1) is 5.92 Å². The fourth-order valence-electron chi connectivity index (χ4n) is 3.00. The van der Waals surface area contributed by atoms with Crippen LogP contribution in [0.3, 0.4) is 0 Å². The standard InChI is InChI=1S/C21H21ClN2O3/c22-18-10-8-17(9-11-18)21(26)27-19-12-6-15(7-13-19)14-23-24-20(25)16-4-2-1-3-5-16/h6-14,16H,1-5H2,(H,24,25)/b23-14-. The van der Waals surface area contributed by atoms with Gasteiger partial charge in [-0.05, 0) is 66.9 Å². The van der Waals surface area contributed by atoms with Crippen LogP contribution < -0.4 is 10.2 Å². The Hall–Kier alpha value is -2.66. The maximum absolute atomic E-state index is 12.1. The first-order chi connectivity index (χ1) is 13.1. The van der Waals surface area contributed by atoms with E-state index in [1.165, 1.54) is 6.42 Å². The van der Waals surface area contributed by atoms with Gasteiger partial charge in [-0.2, -0.15) is 5.10 Å². The van der Waals surface area contributed by atoms with Gasteiger partial charge in [-0.15, -0.1) is 0 Å². The summed E-state index contributed by atoms with van der Waals surface area (Å²) >= 11 is 5.81. The zero-order chi connectivity index (χ0) is 19.1. The monoisotopic (exact) mass is 384 g/mol. The first-order valence-electron chi connectivity index (χ1n) is 9.02. The molecule has 0 bridgehead atoms. The van der Waals surface area contributed by atoms with Crippen molar-refractivity contribution in [1.29, 1.82) is 0 Å². The molecule has 1 fully saturated rings. The number of halogens is 1. The van der Waals surface area contributed by atoms with Crippen molar-refractivity contribution in [3.05, 3.63) is 64.7 Å². The van der Waals surface area contributed by atoms with Crippen molar-refractivity contribution in [1.82, 2.24) is 5.43 Å². The lowest BCUT2D eigenvalue weighted by Crippen LogP contribution is -2.28. The maximum Gasteiger partial charge on any atom is 0.343 e. The Balaban J connectivity index is 1.51. The highest BCUT2D eigenvalue weighted by Crippen LogP contribution is 2.23. The molecule has 0 radical (unpaired) electrons. The third-order valence-electron chi connectivity index (χ3n) is 4.53. The number of esters is 1. The number of rotatable bonds is 5. The molecule has 5 nitrogen and oxygen atoms in total. The Morgan fingerprint density at radius 3 is 2.33 bits per heavy atom. The Kier molecular flexibility index (Phi) is 6.60. The van der Waals surface area contributed by atoms with E-state index in [0.717, 1.165) is 31.2 Å². The Morgan fingerprint density at radius 2 is 1.67 bits per heavy atom. The fourth-order valence-corrected chi connectivity index (χ4v) is 3.13. The molecule has 1 aliphatic rings. The summed E-state index contributed by atoms with van der Waals surface area (Å²) in [5.41, 5.74) is 3.83. The molecule has 27 heavy (non-hydrogen) atoms. The highest BCUT2D eigenvalue weighted by Gasteiger charge is 2.20. The molecule has 140 valence electrons. The largest absolute Gasteiger partial charge is 0.423 e. The van der Waals surface area contributed by atoms with Gasteiger partial charge in [-0.25, -0.2) is 10.2 Å². The van der Waals surface area contributed by atoms with Crippen molar-refractivity contribution in [2.75, 3.05) is 0 Å². The van der Waals surface area contributed by atoms with Gasteiger partial charge in [-0.3, -0.25) is 4.79 Å². The van der Waals surface area contributed by atoms with Crippen LogP contribution in [0.25, 0.3) is 0 Å². The predicted molar refractivity (Wildman–Crippen MR) is 105 cm³/mol. The van der Waals surface area contributed by atoms with Crippen molar-refractivity contribution in [3.8, 4) is 5.75 Å². The number of hydrogen-bond acceptors (Lipinski definition) is 4. The second kappa shape index (κ2) is 9.33. The highest BCUT2D eigenvalue weighted by molar-refractivity contribution is 6.30. The van der Waals surface area contributed by atoms with Crippen molar-refractivity contribution in [3.63, 3.8) is 0 Å². The van der Waals surface area contributed by atoms with Gasteiger partial charge in [0.2, 0.25) is 5.91 Å². The number of ether oxygens (including phenoxy) is 1. The van der Waals surface area contributed by atoms with Crippen LogP contribution in [0.4, 0.5) is 0 Å². The molecular formula is C21H21ClN2O3. The van der Waals surface area contributed by atoms with Crippen molar-refractivity contribution in [2.24, 2.45) is 11.0 Å². The van der Waals surface area contributed by atoms with Gasteiger partial charge in [0.05, 0.1) is 11.8 Å². The highest BCUT2D eigenvalue weighted by atomic mass is 35.5. The van der Waals surface area contributed by atoms with Crippen LogP contribution in [-0.2, 0) is 4.79 Å². The minimum absolute atomic E-state index is 0.0144. The SMILES string of the molecule is O=C(Oc1ccc(/C=N\NC(=O)C2CCCCC2)cc1)c1ccc(Cl)cc1. The molecule has 1 N–H and O–H groups in total. The van der Waals surface area contributed by atoms with Gasteiger partial charge in [0.1, 0.15) is 5.75 Å². The lowest BCUT2D eigenvalue weighted by Gasteiger charge is -2.19. The normalized spacial score (nSPS) is 14.9. The fraction of sp³-hybridized carbons (Fsp3) is 0.286. The molecule has 0 atom stereocenters. The zero-order valence-corrected chi connectivity index (χ0v) is 15.6. The molecule has 2 aromatic rings. The summed E-state index contributed by atoms with van der Waals surface area (Å²) < 4.78 is 5.32. The molecule has 0 aliphatic heterocycles. The Bertz CT molecular complexity index is 810. The number of benzene rings is 2. The molecule has 1 saturated carbocycles. The summed E-state index contributed by atoms with van der Waals surface area (Å²) in [6.07, 6.45) is 6.88. The van der Waals surface area contributed by atoms with Crippen molar-refractivity contribution >= 4 is 29.7 Å². The van der Waals surface area contributed by atoms with E-state index in [2.05, 4.69) is 10.5 Å². The molecule has 1 amide bonds. The maximum atomic E-state index is 12.1. The van der Waals surface area contributed by atoms with Gasteiger partial charge in [0.25, 0.3) is 0 Å². The number of nitrogens with zero attached hydrogens (tertiary/aromatic N) is 1. The zero-order valence-electron chi connectivity index (χ0n) is 14.9. The van der Waals surface area contributed by atoms with E-state index in [4.69, 9.17) is 16.3 Å². The van der Waals surface area contributed by atoms with E-state index in [1.807, 2.05) is 0 Å². The summed E-state index contributed by atoms with van der Waals surface area (Å²) in [5, 5.41) is 4.58. The van der Waals surface area contributed by atoms with Gasteiger partial charge in [-0.1, -0.05) is 30.9 Å². The van der Waals surface area contributed by atoms with Gasteiger partial charge in [0.15, 0.2) is 0 Å². The summed E-state index contributed by atoms with van der Waals surface area (Å²) in [4.78, 5) is 24.1. The first kappa shape index (κ1) is 19.1. The number of carbonyl (C=O) groups excluding carboxylic acids is 2. The molecule has 0 aromatic heterocycles. The molecule has 2 aromatic carbocycles. The third kappa shape index (κ3) is 5.66. The number of hydrazone groups is 1. The molecule has 6 heteroatoms. The second-order valence-electron chi connectivity index (χ2n) is 6.53. The summed E-state index contributed by atoms with van der Waals surface area (Å²) in [6.45, 7) is 0. The van der Waals surface area contributed by atoms with Crippen LogP contribution in [0.1, 0.15) is 48.0 Å². The average Bonchev–Trinajstić information content (AvgIpc) is 2.70. The van der Waals surface area contributed by atoms with E-state index in [0.29, 0.717) is 16.3 Å². The van der Waals surface area contributed by atoms with Gasteiger partial charge >= 0.3 is 5.97 Å². The van der Waals surface area contributed by atoms with Gasteiger partial charge in [0, 0.05) is 10.9 Å². The van der Waals surface area contributed by atoms with Crippen LogP contribution in [0.5, 0.6) is 5.75 Å². The minimum Gasteiger partial charge on any atom is -0.423 e. The number of carbonyl (C=O) groups is 2. The second-order valence-corrected chi connectivity index (χ2v) is 6.97. The molecular weight excluding hydrogens is 364 g/mol. The lowest BCUT2D eigenvalue weighted by atomic mass is 9.89. The quantitative estimate of drug-likeness (QED) is 0.355. The average molecular weight is 385 g/mol. The minimum atomic E-state index is -0.451. The third-order valence-corrected chi connectivity index (χ3v) is 4.79. The summed E-state index contributed by atoms with van der Waals surface area (Å²) in [5.74, 6) is 0.0381. The van der Waals surface area contributed by atoms with Crippen LogP contribution >= 0.6 is 11.6 Å². The van der Waals surface area contributed by atoms with Crippen molar-refractivity contribution in [2.45, 2.75) is 32.1 Å². The van der Waals surface area contributed by atoms with Crippen LogP contribution in [-0.4, -0.2) is 18.1 Å². The molecule has 3 rings (SSSR count).